The molecule has 0 aliphatic heterocycles. The van der Waals surface area contributed by atoms with E-state index in [1.165, 1.54) is 6.92 Å². The molecule has 0 atom stereocenters. The Labute approximate surface area is 94.6 Å². The highest BCUT2D eigenvalue weighted by Crippen LogP contribution is 2.15. The van der Waals surface area contributed by atoms with Gasteiger partial charge in [-0.05, 0) is 24.6 Å². The van der Waals surface area contributed by atoms with Crippen molar-refractivity contribution in [3.63, 3.8) is 0 Å². The molecule has 15 heavy (non-hydrogen) atoms. The Hall–Kier alpha value is -1.46. The molecule has 3 heteroatoms. The summed E-state index contributed by atoms with van der Waals surface area (Å²) < 4.78 is 0. The Balaban J connectivity index is 2.71. The second kappa shape index (κ2) is 5.43. The van der Waals surface area contributed by atoms with Crippen molar-refractivity contribution < 1.29 is 4.79 Å². The van der Waals surface area contributed by atoms with Gasteiger partial charge in [-0.2, -0.15) is 0 Å². The van der Waals surface area contributed by atoms with E-state index in [-0.39, 0.29) is 5.91 Å². The number of halogens is 1. The lowest BCUT2D eigenvalue weighted by molar-refractivity contribution is -0.118. The maximum atomic E-state index is 10.6. The van der Waals surface area contributed by atoms with Crippen LogP contribution >= 0.6 is 11.6 Å². The average molecular weight is 222 g/mol. The minimum Gasteiger partial charge on any atom is -0.345 e. The minimum atomic E-state index is -0.0837. The van der Waals surface area contributed by atoms with Crippen molar-refractivity contribution in [3.05, 3.63) is 34.3 Å². The fourth-order valence-corrected chi connectivity index (χ4v) is 1.21. The number of carbonyl (C=O) groups is 1. The van der Waals surface area contributed by atoms with Crippen LogP contribution in [0, 0.1) is 18.8 Å². The molecule has 0 heterocycles. The van der Waals surface area contributed by atoms with Gasteiger partial charge in [0.2, 0.25) is 5.91 Å². The van der Waals surface area contributed by atoms with Crippen molar-refractivity contribution in [2.45, 2.75) is 13.8 Å². The minimum absolute atomic E-state index is 0.0837. The van der Waals surface area contributed by atoms with Crippen LogP contribution in [0.15, 0.2) is 18.2 Å². The van der Waals surface area contributed by atoms with E-state index in [0.29, 0.717) is 11.6 Å². The molecule has 1 aromatic carbocycles. The average Bonchev–Trinajstić information content (AvgIpc) is 2.17. The Morgan fingerprint density at radius 3 is 2.93 bits per heavy atom. The molecule has 0 unspecified atom stereocenters. The van der Waals surface area contributed by atoms with Crippen LogP contribution in [0.25, 0.3) is 0 Å². The second-order valence-electron chi connectivity index (χ2n) is 3.19. The van der Waals surface area contributed by atoms with Crippen LogP contribution in [0.1, 0.15) is 18.1 Å². The number of hydrogen-bond donors (Lipinski definition) is 1. The van der Waals surface area contributed by atoms with Gasteiger partial charge in [-0.15, -0.1) is 0 Å². The Morgan fingerprint density at radius 1 is 1.53 bits per heavy atom. The van der Waals surface area contributed by atoms with Crippen LogP contribution in [0.2, 0.25) is 5.02 Å². The first-order valence-corrected chi connectivity index (χ1v) is 4.97. The van der Waals surface area contributed by atoms with Crippen molar-refractivity contribution in [2.24, 2.45) is 0 Å². The molecule has 78 valence electrons. The number of benzene rings is 1. The zero-order valence-corrected chi connectivity index (χ0v) is 9.48. The van der Waals surface area contributed by atoms with Crippen LogP contribution in [0.3, 0.4) is 0 Å². The summed E-state index contributed by atoms with van der Waals surface area (Å²) in [5.74, 6) is 5.66. The van der Waals surface area contributed by atoms with E-state index in [1.54, 1.807) is 0 Å². The fraction of sp³-hybridized carbons (Fsp3) is 0.250. The van der Waals surface area contributed by atoms with Gasteiger partial charge in [0.05, 0.1) is 11.6 Å². The molecule has 0 fully saturated rings. The lowest BCUT2D eigenvalue weighted by Gasteiger charge is -1.97. The van der Waals surface area contributed by atoms with Gasteiger partial charge in [0.15, 0.2) is 0 Å². The molecular formula is C12H12ClNO. The van der Waals surface area contributed by atoms with Crippen molar-refractivity contribution >= 4 is 17.5 Å². The molecule has 2 nitrogen and oxygen atoms in total. The van der Waals surface area contributed by atoms with Gasteiger partial charge in [0.25, 0.3) is 0 Å². The molecule has 1 aromatic rings. The van der Waals surface area contributed by atoms with Gasteiger partial charge in [-0.25, -0.2) is 0 Å². The van der Waals surface area contributed by atoms with Gasteiger partial charge in [0.1, 0.15) is 0 Å². The van der Waals surface area contributed by atoms with E-state index in [1.807, 2.05) is 25.1 Å². The summed E-state index contributed by atoms with van der Waals surface area (Å²) in [6, 6.07) is 5.67. The van der Waals surface area contributed by atoms with E-state index >= 15 is 0 Å². The van der Waals surface area contributed by atoms with E-state index in [2.05, 4.69) is 17.2 Å². The molecule has 0 saturated carbocycles. The highest BCUT2D eigenvalue weighted by atomic mass is 35.5. The smallest absolute Gasteiger partial charge is 0.217 e. The molecule has 0 aromatic heterocycles. The van der Waals surface area contributed by atoms with E-state index in [9.17, 15) is 4.79 Å². The number of rotatable bonds is 1. The fourth-order valence-electron chi connectivity index (χ4n) is 1.04. The van der Waals surface area contributed by atoms with Gasteiger partial charge in [-0.3, -0.25) is 4.79 Å². The summed E-state index contributed by atoms with van der Waals surface area (Å²) in [5, 5.41) is 3.23. The van der Waals surface area contributed by atoms with E-state index in [0.717, 1.165) is 11.1 Å². The van der Waals surface area contributed by atoms with Gasteiger partial charge in [0, 0.05) is 12.5 Å². The summed E-state index contributed by atoms with van der Waals surface area (Å²) >= 11 is 5.95. The number of carbonyl (C=O) groups excluding carboxylic acids is 1. The summed E-state index contributed by atoms with van der Waals surface area (Å²) in [7, 11) is 0. The van der Waals surface area contributed by atoms with Crippen LogP contribution in [-0.2, 0) is 4.79 Å². The Kier molecular flexibility index (Phi) is 4.20. The third-order valence-electron chi connectivity index (χ3n) is 1.77. The molecule has 1 amide bonds. The Bertz CT molecular complexity index is 429. The van der Waals surface area contributed by atoms with E-state index in [4.69, 9.17) is 11.6 Å². The first-order valence-electron chi connectivity index (χ1n) is 4.59. The van der Waals surface area contributed by atoms with Crippen LogP contribution in [0.5, 0.6) is 0 Å². The third-order valence-corrected chi connectivity index (χ3v) is 2.10. The molecule has 0 aliphatic rings. The normalized spacial score (nSPS) is 9.00. The molecular weight excluding hydrogens is 210 g/mol. The lowest BCUT2D eigenvalue weighted by Crippen LogP contribution is -2.19. The zero-order valence-electron chi connectivity index (χ0n) is 8.73. The first-order chi connectivity index (χ1) is 7.09. The van der Waals surface area contributed by atoms with Gasteiger partial charge in [-0.1, -0.05) is 29.5 Å². The van der Waals surface area contributed by atoms with Crippen molar-refractivity contribution in [2.75, 3.05) is 6.54 Å². The number of hydrogen-bond acceptors (Lipinski definition) is 1. The maximum Gasteiger partial charge on any atom is 0.217 e. The van der Waals surface area contributed by atoms with Crippen molar-refractivity contribution in [3.8, 4) is 11.8 Å². The predicted octanol–water partition coefficient (Wildman–Crippen LogP) is 2.14. The highest BCUT2D eigenvalue weighted by molar-refractivity contribution is 6.31. The number of aryl methyl sites for hydroxylation is 1. The first kappa shape index (κ1) is 11.6. The molecule has 1 N–H and O–H groups in total. The SMILES string of the molecule is CC(=O)NCC#Cc1cc(C)ccc1Cl. The monoisotopic (exact) mass is 221 g/mol. The van der Waals surface area contributed by atoms with Crippen LogP contribution in [-0.4, -0.2) is 12.5 Å². The van der Waals surface area contributed by atoms with Crippen LogP contribution < -0.4 is 5.32 Å². The van der Waals surface area contributed by atoms with Gasteiger partial charge < -0.3 is 5.32 Å². The van der Waals surface area contributed by atoms with E-state index < -0.39 is 0 Å². The standard InChI is InChI=1S/C12H12ClNO/c1-9-5-6-12(13)11(8-9)4-3-7-14-10(2)15/h5-6,8H,7H2,1-2H3,(H,14,15). The summed E-state index contributed by atoms with van der Waals surface area (Å²) in [6.45, 7) is 3.79. The molecule has 0 radical (unpaired) electrons. The summed E-state index contributed by atoms with van der Waals surface area (Å²) in [6.07, 6.45) is 0. The van der Waals surface area contributed by atoms with Crippen LogP contribution in [0.4, 0.5) is 0 Å². The molecule has 0 aliphatic carbocycles. The van der Waals surface area contributed by atoms with Crippen molar-refractivity contribution in [1.82, 2.24) is 5.32 Å². The predicted molar refractivity (Wildman–Crippen MR) is 61.8 cm³/mol. The molecule has 0 spiro atoms. The molecule has 1 rings (SSSR count). The number of nitrogens with one attached hydrogen (secondary N) is 1. The lowest BCUT2D eigenvalue weighted by atomic mass is 10.1. The van der Waals surface area contributed by atoms with Crippen molar-refractivity contribution in [1.29, 1.82) is 0 Å². The summed E-state index contributed by atoms with van der Waals surface area (Å²) in [4.78, 5) is 10.6. The van der Waals surface area contributed by atoms with Gasteiger partial charge >= 0.3 is 0 Å². The molecule has 0 saturated heterocycles. The topological polar surface area (TPSA) is 29.1 Å². The Morgan fingerprint density at radius 2 is 2.27 bits per heavy atom. The number of amides is 1. The zero-order chi connectivity index (χ0) is 11.3. The summed E-state index contributed by atoms with van der Waals surface area (Å²) in [5.41, 5.74) is 1.91. The highest BCUT2D eigenvalue weighted by Gasteiger charge is 1.95. The quantitative estimate of drug-likeness (QED) is 0.724. The maximum absolute atomic E-state index is 10.6. The second-order valence-corrected chi connectivity index (χ2v) is 3.60. The third kappa shape index (κ3) is 4.05. The molecule has 0 bridgehead atoms. The largest absolute Gasteiger partial charge is 0.345 e.